The van der Waals surface area contributed by atoms with Crippen LogP contribution in [0.1, 0.15) is 18.1 Å². The van der Waals surface area contributed by atoms with Crippen molar-refractivity contribution in [2.24, 2.45) is 0 Å². The van der Waals surface area contributed by atoms with Gasteiger partial charge in [0.15, 0.2) is 0 Å². The molecule has 2 aromatic carbocycles. The number of rotatable bonds is 5. The fourth-order valence-corrected chi connectivity index (χ4v) is 3.98. The van der Waals surface area contributed by atoms with E-state index in [1.54, 1.807) is 23.1 Å². The summed E-state index contributed by atoms with van der Waals surface area (Å²) in [6.45, 7) is 2.44. The van der Waals surface area contributed by atoms with E-state index < -0.39 is 0 Å². The minimum Gasteiger partial charge on any atom is -0.367 e. The summed E-state index contributed by atoms with van der Waals surface area (Å²) in [7, 11) is 0. The van der Waals surface area contributed by atoms with Crippen molar-refractivity contribution in [1.29, 1.82) is 0 Å². The molecule has 3 nitrogen and oxygen atoms in total. The molecular formula is C19H16Cl2N2OS2. The van der Waals surface area contributed by atoms with E-state index in [4.69, 9.17) is 35.4 Å². The highest BCUT2D eigenvalue weighted by Gasteiger charge is 2.31. The first-order valence-corrected chi connectivity index (χ1v) is 9.99. The first-order chi connectivity index (χ1) is 12.5. The van der Waals surface area contributed by atoms with Crippen molar-refractivity contribution < 1.29 is 4.79 Å². The van der Waals surface area contributed by atoms with Crippen molar-refractivity contribution in [3.63, 3.8) is 0 Å². The number of carbonyl (C=O) groups is 1. The average Bonchev–Trinajstić information content (AvgIpc) is 2.90. The van der Waals surface area contributed by atoms with Crippen LogP contribution in [0.5, 0.6) is 0 Å². The van der Waals surface area contributed by atoms with Crippen molar-refractivity contribution in [1.82, 2.24) is 4.90 Å². The monoisotopic (exact) mass is 422 g/mol. The van der Waals surface area contributed by atoms with Gasteiger partial charge in [-0.25, -0.2) is 0 Å². The number of amides is 1. The van der Waals surface area contributed by atoms with Gasteiger partial charge in [-0.15, -0.1) is 0 Å². The highest BCUT2D eigenvalue weighted by atomic mass is 35.5. The molecule has 0 bridgehead atoms. The lowest BCUT2D eigenvalue weighted by Gasteiger charge is -2.16. The molecule has 0 aromatic heterocycles. The van der Waals surface area contributed by atoms with Gasteiger partial charge in [-0.2, -0.15) is 0 Å². The fourth-order valence-electron chi connectivity index (χ4n) is 2.42. The van der Waals surface area contributed by atoms with Gasteiger partial charge in [-0.05, 0) is 47.9 Å². The summed E-state index contributed by atoms with van der Waals surface area (Å²) in [5.74, 6) is -0.122. The number of nitrogens with zero attached hydrogens (tertiary/aromatic N) is 1. The van der Waals surface area contributed by atoms with Crippen molar-refractivity contribution in [2.75, 3.05) is 12.0 Å². The number of halogens is 2. The molecule has 1 aliphatic heterocycles. The number of thiocarbonyl (C=S) groups is 1. The molecule has 1 saturated heterocycles. The lowest BCUT2D eigenvalue weighted by molar-refractivity contribution is -0.121. The third-order valence-corrected chi connectivity index (χ3v) is 6.04. The molecule has 3 rings (SSSR count). The summed E-state index contributed by atoms with van der Waals surface area (Å²) >= 11 is 18.6. The number of benzene rings is 2. The number of carbonyl (C=O) groups excluding carboxylic acids is 1. The maximum absolute atomic E-state index is 12.6. The van der Waals surface area contributed by atoms with Crippen molar-refractivity contribution >= 4 is 69.2 Å². The van der Waals surface area contributed by atoms with Crippen molar-refractivity contribution in [2.45, 2.75) is 13.3 Å². The summed E-state index contributed by atoms with van der Waals surface area (Å²) in [5.41, 5.74) is 3.03. The minimum absolute atomic E-state index is 0.122. The van der Waals surface area contributed by atoms with E-state index in [0.717, 1.165) is 17.7 Å². The molecule has 1 fully saturated rings. The molecule has 1 N–H and O–H groups in total. The van der Waals surface area contributed by atoms with Crippen LogP contribution in [0.4, 0.5) is 5.69 Å². The van der Waals surface area contributed by atoms with Crippen LogP contribution in [-0.2, 0) is 11.2 Å². The van der Waals surface area contributed by atoms with Crippen LogP contribution in [0.2, 0.25) is 10.0 Å². The predicted molar refractivity (Wildman–Crippen MR) is 116 cm³/mol. The lowest BCUT2D eigenvalue weighted by Crippen LogP contribution is -2.33. The number of nitrogens with one attached hydrogen (secondary N) is 1. The van der Waals surface area contributed by atoms with E-state index in [-0.39, 0.29) is 5.91 Å². The molecule has 1 heterocycles. The molecule has 0 atom stereocenters. The van der Waals surface area contributed by atoms with Crippen LogP contribution in [0, 0.1) is 0 Å². The first kappa shape index (κ1) is 19.2. The summed E-state index contributed by atoms with van der Waals surface area (Å²) in [5, 5.41) is 4.17. The standard InChI is InChI=1S/C19H16Cl2N2OS2/c1-2-12-3-6-14(7-4-12)22-11-23-18(24)17(26-19(23)25)10-13-5-8-15(20)16(21)9-13/h3-10,22H,2,11H2,1H3. The molecule has 0 unspecified atom stereocenters. The van der Waals surface area contributed by atoms with Gasteiger partial charge < -0.3 is 5.32 Å². The van der Waals surface area contributed by atoms with Crippen LogP contribution in [-0.4, -0.2) is 21.8 Å². The van der Waals surface area contributed by atoms with Crippen LogP contribution < -0.4 is 5.32 Å². The van der Waals surface area contributed by atoms with Crippen LogP contribution >= 0.6 is 47.2 Å². The number of hydrogen-bond acceptors (Lipinski definition) is 4. The van der Waals surface area contributed by atoms with Gasteiger partial charge in [-0.1, -0.05) is 72.3 Å². The summed E-state index contributed by atoms with van der Waals surface area (Å²) in [6, 6.07) is 13.4. The average molecular weight is 423 g/mol. The van der Waals surface area contributed by atoms with Gasteiger partial charge in [0.1, 0.15) is 4.32 Å². The third-order valence-electron chi connectivity index (χ3n) is 3.92. The Labute approximate surface area is 172 Å². The van der Waals surface area contributed by atoms with Gasteiger partial charge >= 0.3 is 0 Å². The smallest absolute Gasteiger partial charge is 0.267 e. The van der Waals surface area contributed by atoms with E-state index >= 15 is 0 Å². The predicted octanol–water partition coefficient (Wildman–Crippen LogP) is 5.83. The van der Waals surface area contributed by atoms with E-state index in [2.05, 4.69) is 24.4 Å². The molecule has 2 aromatic rings. The second-order valence-corrected chi connectivity index (χ2v) is 8.16. The lowest BCUT2D eigenvalue weighted by atomic mass is 10.1. The van der Waals surface area contributed by atoms with Crippen molar-refractivity contribution in [3.05, 3.63) is 68.5 Å². The number of anilines is 1. The molecule has 0 saturated carbocycles. The number of aryl methyl sites for hydroxylation is 1. The Bertz CT molecular complexity index is 882. The summed E-state index contributed by atoms with van der Waals surface area (Å²) in [6.07, 6.45) is 2.77. The second-order valence-electron chi connectivity index (χ2n) is 5.67. The van der Waals surface area contributed by atoms with Gasteiger partial charge in [0.2, 0.25) is 0 Å². The molecule has 1 aliphatic rings. The maximum Gasteiger partial charge on any atom is 0.267 e. The molecule has 26 heavy (non-hydrogen) atoms. The second kappa shape index (κ2) is 8.44. The molecule has 0 aliphatic carbocycles. The normalized spacial score (nSPS) is 15.8. The Morgan fingerprint density at radius 3 is 2.54 bits per heavy atom. The van der Waals surface area contributed by atoms with Crippen LogP contribution in [0.25, 0.3) is 6.08 Å². The Hall–Kier alpha value is -1.53. The Morgan fingerprint density at radius 2 is 1.88 bits per heavy atom. The van der Waals surface area contributed by atoms with Gasteiger partial charge in [0, 0.05) is 5.69 Å². The Morgan fingerprint density at radius 1 is 1.15 bits per heavy atom. The van der Waals surface area contributed by atoms with Gasteiger partial charge in [-0.3, -0.25) is 9.69 Å². The minimum atomic E-state index is -0.122. The quantitative estimate of drug-likeness (QED) is 0.485. The van der Waals surface area contributed by atoms with E-state index in [0.29, 0.717) is 25.9 Å². The topological polar surface area (TPSA) is 32.3 Å². The Balaban J connectivity index is 1.69. The molecule has 0 spiro atoms. The highest BCUT2D eigenvalue weighted by molar-refractivity contribution is 8.26. The van der Waals surface area contributed by atoms with Crippen LogP contribution in [0.3, 0.4) is 0 Å². The summed E-state index contributed by atoms with van der Waals surface area (Å²) in [4.78, 5) is 14.8. The molecule has 7 heteroatoms. The van der Waals surface area contributed by atoms with Crippen molar-refractivity contribution in [3.8, 4) is 0 Å². The number of thioether (sulfide) groups is 1. The maximum atomic E-state index is 12.6. The molecular weight excluding hydrogens is 407 g/mol. The van der Waals surface area contributed by atoms with E-state index in [1.165, 1.54) is 17.3 Å². The molecule has 134 valence electrons. The fraction of sp³-hybridized carbons (Fsp3) is 0.158. The van der Waals surface area contributed by atoms with Gasteiger partial charge in [0.05, 0.1) is 21.6 Å². The third kappa shape index (κ3) is 4.41. The van der Waals surface area contributed by atoms with E-state index in [1.807, 2.05) is 18.2 Å². The SMILES string of the molecule is CCc1ccc(NCN2C(=O)C(=Cc3ccc(Cl)c(Cl)c3)SC2=S)cc1. The summed E-state index contributed by atoms with van der Waals surface area (Å²) < 4.78 is 0.527. The van der Waals surface area contributed by atoms with E-state index in [9.17, 15) is 4.79 Å². The largest absolute Gasteiger partial charge is 0.367 e. The Kier molecular flexibility index (Phi) is 6.24. The number of hydrogen-bond donors (Lipinski definition) is 1. The molecule has 0 radical (unpaired) electrons. The zero-order valence-corrected chi connectivity index (χ0v) is 17.1. The highest BCUT2D eigenvalue weighted by Crippen LogP contribution is 2.33. The zero-order chi connectivity index (χ0) is 18.7. The first-order valence-electron chi connectivity index (χ1n) is 8.01. The van der Waals surface area contributed by atoms with Crippen LogP contribution in [0.15, 0.2) is 47.4 Å². The molecule has 1 amide bonds. The van der Waals surface area contributed by atoms with Gasteiger partial charge in [0.25, 0.3) is 5.91 Å². The zero-order valence-electron chi connectivity index (χ0n) is 14.0.